The van der Waals surface area contributed by atoms with Gasteiger partial charge in [0.2, 0.25) is 0 Å². The van der Waals surface area contributed by atoms with Crippen molar-refractivity contribution in [1.82, 2.24) is 5.32 Å². The summed E-state index contributed by atoms with van der Waals surface area (Å²) in [5.41, 5.74) is 1.09. The van der Waals surface area contributed by atoms with Crippen molar-refractivity contribution >= 4 is 9.84 Å². The summed E-state index contributed by atoms with van der Waals surface area (Å²) < 4.78 is 28.0. The van der Waals surface area contributed by atoms with Crippen molar-refractivity contribution in [1.29, 1.82) is 0 Å². The fourth-order valence-electron chi connectivity index (χ4n) is 1.89. The third-order valence-electron chi connectivity index (χ3n) is 3.13. The van der Waals surface area contributed by atoms with E-state index in [9.17, 15) is 8.42 Å². The fourth-order valence-corrected chi connectivity index (χ4v) is 2.76. The summed E-state index contributed by atoms with van der Waals surface area (Å²) in [5, 5.41) is 3.33. The molecule has 0 radical (unpaired) electrons. The molecule has 0 spiro atoms. The normalized spacial score (nSPS) is 13.2. The van der Waals surface area contributed by atoms with Gasteiger partial charge < -0.3 is 10.1 Å². The molecule has 0 aliphatic heterocycles. The van der Waals surface area contributed by atoms with Gasteiger partial charge in [0.05, 0.1) is 12.9 Å². The molecule has 0 bridgehead atoms. The van der Waals surface area contributed by atoms with Gasteiger partial charge in [0.25, 0.3) is 0 Å². The Bertz CT molecular complexity index is 485. The van der Waals surface area contributed by atoms with Gasteiger partial charge in [0.15, 0.2) is 0 Å². The minimum absolute atomic E-state index is 0.139. The molecule has 0 amide bonds. The van der Waals surface area contributed by atoms with Gasteiger partial charge in [-0.2, -0.15) is 0 Å². The van der Waals surface area contributed by atoms with Crippen LogP contribution in [0.3, 0.4) is 0 Å². The first-order valence-electron chi connectivity index (χ1n) is 6.57. The molecule has 4 nitrogen and oxygen atoms in total. The molecule has 1 aromatic carbocycles. The second-order valence-electron chi connectivity index (χ2n) is 4.51. The summed E-state index contributed by atoms with van der Waals surface area (Å²) in [5.74, 6) is 1.31. The maximum Gasteiger partial charge on any atom is 0.150 e. The lowest BCUT2D eigenvalue weighted by molar-refractivity contribution is 0.401. The van der Waals surface area contributed by atoms with E-state index in [0.29, 0.717) is 13.0 Å². The molecule has 19 heavy (non-hydrogen) atoms. The maximum atomic E-state index is 11.4. The van der Waals surface area contributed by atoms with Crippen LogP contribution in [0, 0.1) is 0 Å². The number of rotatable bonds is 8. The average Bonchev–Trinajstić information content (AvgIpc) is 2.43. The zero-order valence-electron chi connectivity index (χ0n) is 11.8. The predicted octanol–water partition coefficient (Wildman–Crippen LogP) is 2.17. The van der Waals surface area contributed by atoms with Gasteiger partial charge in [-0.1, -0.05) is 25.1 Å². The smallest absolute Gasteiger partial charge is 0.150 e. The molecule has 0 saturated heterocycles. The van der Waals surface area contributed by atoms with Crippen molar-refractivity contribution in [2.75, 3.05) is 25.2 Å². The molecule has 1 rings (SSSR count). The van der Waals surface area contributed by atoms with Gasteiger partial charge in [0, 0.05) is 17.4 Å². The van der Waals surface area contributed by atoms with Crippen molar-refractivity contribution in [3.05, 3.63) is 29.8 Å². The average molecular weight is 285 g/mol. The molecule has 0 unspecified atom stereocenters. The maximum absolute atomic E-state index is 11.4. The summed E-state index contributed by atoms with van der Waals surface area (Å²) in [7, 11) is -1.21. The molecule has 1 aromatic rings. The molecule has 0 saturated carbocycles. The number of ether oxygens (including phenoxy) is 1. The SMILES string of the molecule is CCS(=O)(=O)CCCN[C@H](C)c1ccccc1OC. The lowest BCUT2D eigenvalue weighted by Crippen LogP contribution is -2.22. The number of nitrogens with one attached hydrogen (secondary N) is 1. The van der Waals surface area contributed by atoms with Crippen LogP contribution in [0.25, 0.3) is 0 Å². The fraction of sp³-hybridized carbons (Fsp3) is 0.571. The first kappa shape index (κ1) is 16.0. The zero-order chi connectivity index (χ0) is 14.3. The number of sulfone groups is 1. The number of methoxy groups -OCH3 is 1. The lowest BCUT2D eigenvalue weighted by Gasteiger charge is -2.17. The Morgan fingerprint density at radius 2 is 2.00 bits per heavy atom. The Morgan fingerprint density at radius 3 is 2.63 bits per heavy atom. The summed E-state index contributed by atoms with van der Waals surface area (Å²) in [6, 6.07) is 7.98. The number of hydrogen-bond donors (Lipinski definition) is 1. The van der Waals surface area contributed by atoms with Gasteiger partial charge in [0.1, 0.15) is 15.6 Å². The summed E-state index contributed by atoms with van der Waals surface area (Å²) >= 11 is 0. The van der Waals surface area contributed by atoms with Crippen LogP contribution in [0.4, 0.5) is 0 Å². The first-order valence-corrected chi connectivity index (χ1v) is 8.39. The Labute approximate surface area is 116 Å². The van der Waals surface area contributed by atoms with Gasteiger partial charge in [-0.25, -0.2) is 8.42 Å². The summed E-state index contributed by atoms with van der Waals surface area (Å²) in [6.45, 7) is 4.41. The monoisotopic (exact) mass is 285 g/mol. The van der Waals surface area contributed by atoms with Crippen molar-refractivity contribution < 1.29 is 13.2 Å². The summed E-state index contributed by atoms with van der Waals surface area (Å²) in [6.07, 6.45) is 0.635. The molecular formula is C14H23NO3S. The minimum atomic E-state index is -2.86. The van der Waals surface area contributed by atoms with Crippen LogP contribution in [0.1, 0.15) is 31.9 Å². The van der Waals surface area contributed by atoms with E-state index in [1.807, 2.05) is 31.2 Å². The molecule has 0 aliphatic carbocycles. The van der Waals surface area contributed by atoms with E-state index in [1.54, 1.807) is 14.0 Å². The molecule has 1 N–H and O–H groups in total. The van der Waals surface area contributed by atoms with Crippen LogP contribution in [-0.4, -0.2) is 33.6 Å². The van der Waals surface area contributed by atoms with Crippen molar-refractivity contribution in [2.45, 2.75) is 26.3 Å². The highest BCUT2D eigenvalue weighted by atomic mass is 32.2. The van der Waals surface area contributed by atoms with Crippen LogP contribution in [-0.2, 0) is 9.84 Å². The Kier molecular flexibility index (Phi) is 6.31. The van der Waals surface area contributed by atoms with Crippen LogP contribution < -0.4 is 10.1 Å². The number of para-hydroxylation sites is 1. The zero-order valence-corrected chi connectivity index (χ0v) is 12.7. The highest BCUT2D eigenvalue weighted by Crippen LogP contribution is 2.24. The molecule has 108 valence electrons. The summed E-state index contributed by atoms with van der Waals surface area (Å²) in [4.78, 5) is 0. The number of hydrogen-bond acceptors (Lipinski definition) is 4. The van der Waals surface area contributed by atoms with Crippen LogP contribution in [0.15, 0.2) is 24.3 Å². The van der Waals surface area contributed by atoms with Crippen molar-refractivity contribution in [2.24, 2.45) is 0 Å². The number of benzene rings is 1. The molecular weight excluding hydrogens is 262 g/mol. The molecule has 5 heteroatoms. The third-order valence-corrected chi connectivity index (χ3v) is 4.92. The van der Waals surface area contributed by atoms with E-state index in [4.69, 9.17) is 4.74 Å². The van der Waals surface area contributed by atoms with Gasteiger partial charge in [-0.05, 0) is 26.0 Å². The van der Waals surface area contributed by atoms with Crippen LogP contribution in [0.2, 0.25) is 0 Å². The van der Waals surface area contributed by atoms with E-state index in [2.05, 4.69) is 5.32 Å². The topological polar surface area (TPSA) is 55.4 Å². The lowest BCUT2D eigenvalue weighted by atomic mass is 10.1. The van der Waals surface area contributed by atoms with E-state index in [1.165, 1.54) is 0 Å². The highest BCUT2D eigenvalue weighted by Gasteiger charge is 2.11. The van der Waals surface area contributed by atoms with Crippen molar-refractivity contribution in [3.63, 3.8) is 0 Å². The van der Waals surface area contributed by atoms with Crippen LogP contribution >= 0.6 is 0 Å². The van der Waals surface area contributed by atoms with E-state index in [-0.39, 0.29) is 17.5 Å². The molecule has 0 aliphatic rings. The second-order valence-corrected chi connectivity index (χ2v) is 6.98. The van der Waals surface area contributed by atoms with Gasteiger partial charge in [-0.15, -0.1) is 0 Å². The van der Waals surface area contributed by atoms with Gasteiger partial charge in [-0.3, -0.25) is 0 Å². The Balaban J connectivity index is 2.45. The predicted molar refractivity (Wildman–Crippen MR) is 78.4 cm³/mol. The largest absolute Gasteiger partial charge is 0.496 e. The molecule has 0 aromatic heterocycles. The second kappa shape index (κ2) is 7.50. The van der Waals surface area contributed by atoms with Crippen LogP contribution in [0.5, 0.6) is 5.75 Å². The quantitative estimate of drug-likeness (QED) is 0.744. The highest BCUT2D eigenvalue weighted by molar-refractivity contribution is 7.91. The van der Waals surface area contributed by atoms with E-state index < -0.39 is 9.84 Å². The van der Waals surface area contributed by atoms with E-state index in [0.717, 1.165) is 11.3 Å². The molecule has 0 fully saturated rings. The Morgan fingerprint density at radius 1 is 1.32 bits per heavy atom. The molecule has 1 atom stereocenters. The third kappa shape index (κ3) is 5.20. The minimum Gasteiger partial charge on any atom is -0.496 e. The standard InChI is InChI=1S/C14H23NO3S/c1-4-19(16,17)11-7-10-15-12(2)13-8-5-6-9-14(13)18-3/h5-6,8-9,12,15H,4,7,10-11H2,1-3H3/t12-/m1/s1. The van der Waals surface area contributed by atoms with Crippen molar-refractivity contribution in [3.8, 4) is 5.75 Å². The molecule has 0 heterocycles. The van der Waals surface area contributed by atoms with E-state index >= 15 is 0 Å². The first-order chi connectivity index (χ1) is 9.00. The Hall–Kier alpha value is -1.07. The van der Waals surface area contributed by atoms with Gasteiger partial charge >= 0.3 is 0 Å².